The van der Waals surface area contributed by atoms with Crippen molar-refractivity contribution < 1.29 is 4.57 Å². The summed E-state index contributed by atoms with van der Waals surface area (Å²) in [5.41, 5.74) is 7.66. The molecule has 0 radical (unpaired) electrons. The van der Waals surface area contributed by atoms with E-state index in [2.05, 4.69) is 111 Å². The van der Waals surface area contributed by atoms with Crippen LogP contribution in [0, 0.1) is 6.92 Å². The van der Waals surface area contributed by atoms with Crippen molar-refractivity contribution in [2.45, 2.75) is 19.8 Å². The summed E-state index contributed by atoms with van der Waals surface area (Å²) >= 11 is 3.56. The number of rotatable bonds is 2. The van der Waals surface area contributed by atoms with Gasteiger partial charge in [-0.2, -0.15) is 9.13 Å². The second-order valence-electron chi connectivity index (χ2n) is 7.11. The van der Waals surface area contributed by atoms with Crippen LogP contribution in [0.1, 0.15) is 17.0 Å². The first kappa shape index (κ1) is 19.2. The first-order valence-corrected chi connectivity index (χ1v) is 10.1. The van der Waals surface area contributed by atoms with Crippen LogP contribution in [0.4, 0.5) is 0 Å². The van der Waals surface area contributed by atoms with E-state index in [9.17, 15) is 0 Å². The molecule has 0 unspecified atom stereocenters. The zero-order valence-corrected chi connectivity index (χ0v) is 18.9. The molecule has 4 heteroatoms. The van der Waals surface area contributed by atoms with Crippen LogP contribution in [-0.2, 0) is 12.8 Å². The number of aromatic nitrogens is 2. The van der Waals surface area contributed by atoms with Crippen LogP contribution >= 0.6 is 32.9 Å². The molecule has 1 aliphatic heterocycles. The Morgan fingerprint density at radius 2 is 1.57 bits per heavy atom. The molecule has 0 spiro atoms. The van der Waals surface area contributed by atoms with Gasteiger partial charge in [0, 0.05) is 10.0 Å². The van der Waals surface area contributed by atoms with Gasteiger partial charge in [0.1, 0.15) is 17.6 Å². The molecule has 5 rings (SSSR count). The fourth-order valence-corrected chi connectivity index (χ4v) is 4.21. The van der Waals surface area contributed by atoms with Gasteiger partial charge in [-0.3, -0.25) is 0 Å². The van der Waals surface area contributed by atoms with Crippen LogP contribution in [0.3, 0.4) is 0 Å². The first-order chi connectivity index (χ1) is 13.2. The van der Waals surface area contributed by atoms with Crippen LogP contribution < -0.4 is 4.57 Å². The number of aryl methyl sites for hydroxylation is 2. The summed E-state index contributed by atoms with van der Waals surface area (Å²) in [5, 5.41) is 0. The van der Waals surface area contributed by atoms with Gasteiger partial charge >= 0.3 is 0 Å². The van der Waals surface area contributed by atoms with E-state index >= 15 is 0 Å². The minimum atomic E-state index is 0. The fraction of sp³-hybridized carbons (Fsp3) is 0.125. The average molecular weight is 497 g/mol. The standard InChI is InChI=1S/C24H20BrN2.BrH/c1-17-6-13-21(14-7-17)26-16-23(19-8-11-20(25)12-9-19)27-22-5-3-2-4-18(22)10-15-24(26)27;/h2-9,11-14,16H,10,15H2,1H3;1H/q+1;. The molecule has 4 aromatic rings. The highest BCUT2D eigenvalue weighted by atomic mass is 79.9. The molecular weight excluding hydrogens is 476 g/mol. The summed E-state index contributed by atoms with van der Waals surface area (Å²) < 4.78 is 5.89. The van der Waals surface area contributed by atoms with Crippen LogP contribution in [0.2, 0.25) is 0 Å². The second kappa shape index (κ2) is 7.69. The van der Waals surface area contributed by atoms with Gasteiger partial charge in [0.2, 0.25) is 0 Å². The van der Waals surface area contributed by atoms with Crippen LogP contribution in [0.5, 0.6) is 0 Å². The predicted molar refractivity (Wildman–Crippen MR) is 123 cm³/mol. The summed E-state index contributed by atoms with van der Waals surface area (Å²) in [4.78, 5) is 0. The average Bonchev–Trinajstić information content (AvgIpc) is 3.09. The van der Waals surface area contributed by atoms with E-state index in [4.69, 9.17) is 0 Å². The molecule has 0 fully saturated rings. The number of hydrogen-bond acceptors (Lipinski definition) is 0. The van der Waals surface area contributed by atoms with Gasteiger partial charge in [-0.05, 0) is 61.4 Å². The van der Waals surface area contributed by atoms with E-state index < -0.39 is 0 Å². The molecule has 0 amide bonds. The molecule has 1 aliphatic rings. The van der Waals surface area contributed by atoms with Crippen LogP contribution in [0.25, 0.3) is 22.6 Å². The third-order valence-corrected chi connectivity index (χ3v) is 5.86. The van der Waals surface area contributed by atoms with Crippen molar-refractivity contribution in [2.75, 3.05) is 0 Å². The second-order valence-corrected chi connectivity index (χ2v) is 8.02. The van der Waals surface area contributed by atoms with Crippen molar-refractivity contribution in [3.05, 3.63) is 100 Å². The van der Waals surface area contributed by atoms with Crippen LogP contribution in [0.15, 0.2) is 83.5 Å². The van der Waals surface area contributed by atoms with E-state index in [1.54, 1.807) is 0 Å². The lowest BCUT2D eigenvalue weighted by molar-refractivity contribution is -0.595. The van der Waals surface area contributed by atoms with Gasteiger partial charge in [-0.1, -0.05) is 51.8 Å². The lowest BCUT2D eigenvalue weighted by Gasteiger charge is -2.15. The molecule has 0 saturated heterocycles. The van der Waals surface area contributed by atoms with E-state index in [0.29, 0.717) is 0 Å². The largest absolute Gasteiger partial charge is 0.267 e. The molecule has 0 aliphatic carbocycles. The number of benzene rings is 3. The lowest BCUT2D eigenvalue weighted by atomic mass is 10.0. The normalized spacial score (nSPS) is 12.1. The lowest BCUT2D eigenvalue weighted by Crippen LogP contribution is -2.41. The van der Waals surface area contributed by atoms with Crippen LogP contribution in [-0.4, -0.2) is 4.57 Å². The summed E-state index contributed by atoms with van der Waals surface area (Å²) in [5.74, 6) is 1.33. The molecule has 0 atom stereocenters. The number of imidazole rings is 1. The number of hydrogen-bond donors (Lipinski definition) is 0. The summed E-state index contributed by atoms with van der Waals surface area (Å²) in [6.07, 6.45) is 4.39. The Labute approximate surface area is 184 Å². The SMILES string of the molecule is Br.Cc1ccc(-n2cc(-c3ccc(Br)cc3)[n+]3c2CCc2ccccc2-3)cc1. The highest BCUT2D eigenvalue weighted by Gasteiger charge is 2.31. The minimum Gasteiger partial charge on any atom is -0.199 e. The quantitative estimate of drug-likeness (QED) is 0.293. The van der Waals surface area contributed by atoms with Crippen molar-refractivity contribution in [1.29, 1.82) is 0 Å². The summed E-state index contributed by atoms with van der Waals surface area (Å²) in [6.45, 7) is 2.13. The number of nitrogens with zero attached hydrogens (tertiary/aromatic N) is 2. The third kappa shape index (κ3) is 3.25. The highest BCUT2D eigenvalue weighted by Crippen LogP contribution is 2.28. The molecule has 2 nitrogen and oxygen atoms in total. The Kier molecular flexibility index (Phi) is 5.26. The van der Waals surface area contributed by atoms with Crippen molar-refractivity contribution in [1.82, 2.24) is 4.57 Å². The third-order valence-electron chi connectivity index (χ3n) is 5.33. The summed E-state index contributed by atoms with van der Waals surface area (Å²) in [6, 6.07) is 26.1. The van der Waals surface area contributed by atoms with Crippen molar-refractivity contribution in [2.24, 2.45) is 0 Å². The molecule has 2 heterocycles. The summed E-state index contributed by atoms with van der Waals surface area (Å²) in [7, 11) is 0. The van der Waals surface area contributed by atoms with E-state index in [1.165, 1.54) is 39.6 Å². The first-order valence-electron chi connectivity index (χ1n) is 9.28. The predicted octanol–water partition coefficient (Wildman–Crippen LogP) is 6.17. The Morgan fingerprint density at radius 3 is 2.32 bits per heavy atom. The van der Waals surface area contributed by atoms with E-state index in [-0.39, 0.29) is 17.0 Å². The maximum Gasteiger partial charge on any atom is 0.267 e. The van der Waals surface area contributed by atoms with E-state index in [1.807, 2.05) is 0 Å². The Bertz CT molecular complexity index is 1130. The van der Waals surface area contributed by atoms with Gasteiger partial charge in [0.25, 0.3) is 5.82 Å². The maximum atomic E-state index is 3.56. The van der Waals surface area contributed by atoms with E-state index in [0.717, 1.165) is 17.3 Å². The van der Waals surface area contributed by atoms with Crippen molar-refractivity contribution in [3.8, 4) is 22.6 Å². The zero-order chi connectivity index (χ0) is 18.4. The molecule has 28 heavy (non-hydrogen) atoms. The molecule has 1 aromatic heterocycles. The topological polar surface area (TPSA) is 8.81 Å². The van der Waals surface area contributed by atoms with Crippen molar-refractivity contribution >= 4 is 32.9 Å². The molecule has 140 valence electrons. The molecule has 0 N–H and O–H groups in total. The highest BCUT2D eigenvalue weighted by molar-refractivity contribution is 9.10. The van der Waals surface area contributed by atoms with Gasteiger partial charge in [-0.15, -0.1) is 17.0 Å². The fourth-order valence-electron chi connectivity index (χ4n) is 3.94. The van der Waals surface area contributed by atoms with Gasteiger partial charge in [0.15, 0.2) is 5.69 Å². The number of fused-ring (bicyclic) bond motifs is 3. The van der Waals surface area contributed by atoms with Gasteiger partial charge in [0.05, 0.1) is 6.42 Å². The number of halogens is 2. The molecule has 3 aromatic carbocycles. The molecule has 0 saturated carbocycles. The monoisotopic (exact) mass is 495 g/mol. The Balaban J connectivity index is 0.00000192. The minimum absolute atomic E-state index is 0. The number of para-hydroxylation sites is 1. The molecular formula is C24H21Br2N2+. The molecule has 0 bridgehead atoms. The van der Waals surface area contributed by atoms with Gasteiger partial charge < -0.3 is 0 Å². The Morgan fingerprint density at radius 1 is 0.857 bits per heavy atom. The van der Waals surface area contributed by atoms with Gasteiger partial charge in [-0.25, -0.2) is 0 Å². The Hall–Kier alpha value is -2.17. The maximum absolute atomic E-state index is 3.56. The smallest absolute Gasteiger partial charge is 0.199 e. The van der Waals surface area contributed by atoms with Crippen molar-refractivity contribution in [3.63, 3.8) is 0 Å². The zero-order valence-electron chi connectivity index (χ0n) is 15.6.